The van der Waals surface area contributed by atoms with Crippen molar-refractivity contribution in [2.75, 3.05) is 26.4 Å². The molecular weight excluding hydrogens is 928 g/mol. The van der Waals surface area contributed by atoms with Gasteiger partial charge in [0.2, 0.25) is 0 Å². The molecule has 72 heavy (non-hydrogen) atoms. The summed E-state index contributed by atoms with van der Waals surface area (Å²) in [5.41, 5.74) is 0. The highest BCUT2D eigenvalue weighted by Gasteiger charge is 2.28. The third-order valence-corrected chi connectivity index (χ3v) is 12.7. The first-order valence-electron chi connectivity index (χ1n) is 28.5. The average Bonchev–Trinajstić information content (AvgIpc) is 3.37. The van der Waals surface area contributed by atoms with E-state index < -0.39 is 57.8 Å². The standard InChI is InChI=1S/C60H103O11P/c1-4-7-10-13-16-19-22-24-26-27-28-29-31-33-36-39-42-45-48-51-60(64)71-57(53-67-58(62)49-46-43-40-37-34-21-18-15-12-9-6-3)55-69-72(65,66)68-54-56(52-61)70-59(63)50-47-44-41-38-35-32-30-25-23-20-17-14-11-8-5-2/h7,10,15-20,24-26,28-30,56-57,61H,4-6,8-9,11-14,21-23,27,31-55H2,1-3H3,(H,65,66)/b10-7-,18-15-,19-16-,20-17-,26-24-,29-28-,30-25-. The molecule has 0 saturated heterocycles. The Kier molecular flexibility index (Phi) is 51.4. The Bertz CT molecular complexity index is 1530. The van der Waals surface area contributed by atoms with E-state index in [0.29, 0.717) is 19.3 Å². The highest BCUT2D eigenvalue weighted by atomic mass is 31.2. The molecule has 0 aromatic heterocycles. The van der Waals surface area contributed by atoms with Crippen molar-refractivity contribution < 1.29 is 52.2 Å². The number of carbonyl (C=O) groups is 3. The van der Waals surface area contributed by atoms with E-state index in [0.717, 1.165) is 148 Å². The highest BCUT2D eigenvalue weighted by molar-refractivity contribution is 7.47. The predicted octanol–water partition coefficient (Wildman–Crippen LogP) is 16.7. The van der Waals surface area contributed by atoms with Crippen LogP contribution in [-0.2, 0) is 42.2 Å². The van der Waals surface area contributed by atoms with Gasteiger partial charge in [-0.1, -0.05) is 196 Å². The van der Waals surface area contributed by atoms with Crippen LogP contribution in [0.4, 0.5) is 0 Å². The second-order valence-electron chi connectivity index (χ2n) is 18.7. The van der Waals surface area contributed by atoms with Gasteiger partial charge in [0.1, 0.15) is 12.7 Å². The first-order valence-corrected chi connectivity index (χ1v) is 30.0. The molecule has 3 unspecified atom stereocenters. The molecule has 0 aromatic rings. The lowest BCUT2D eigenvalue weighted by Gasteiger charge is -2.21. The molecule has 0 aromatic carbocycles. The number of aliphatic hydroxyl groups excluding tert-OH is 1. The topological polar surface area (TPSA) is 155 Å². The molecule has 0 aliphatic rings. The molecule has 0 spiro atoms. The van der Waals surface area contributed by atoms with Crippen molar-refractivity contribution in [1.29, 1.82) is 0 Å². The van der Waals surface area contributed by atoms with Gasteiger partial charge in [0.15, 0.2) is 6.10 Å². The Morgan fingerprint density at radius 1 is 0.403 bits per heavy atom. The van der Waals surface area contributed by atoms with E-state index in [2.05, 4.69) is 106 Å². The van der Waals surface area contributed by atoms with Crippen molar-refractivity contribution >= 4 is 25.7 Å². The molecule has 0 saturated carbocycles. The number of ether oxygens (including phenoxy) is 3. The fourth-order valence-electron chi connectivity index (χ4n) is 7.42. The van der Waals surface area contributed by atoms with Crippen LogP contribution >= 0.6 is 7.82 Å². The van der Waals surface area contributed by atoms with Crippen LogP contribution < -0.4 is 0 Å². The van der Waals surface area contributed by atoms with Gasteiger partial charge >= 0.3 is 25.7 Å². The molecule has 0 radical (unpaired) electrons. The summed E-state index contributed by atoms with van der Waals surface area (Å²) in [4.78, 5) is 48.5. The summed E-state index contributed by atoms with van der Waals surface area (Å²) in [5, 5.41) is 9.80. The first kappa shape index (κ1) is 68.7. The molecule has 12 heteroatoms. The monoisotopic (exact) mass is 1030 g/mol. The van der Waals surface area contributed by atoms with Crippen molar-refractivity contribution in [3.8, 4) is 0 Å². The maximum Gasteiger partial charge on any atom is 0.472 e. The van der Waals surface area contributed by atoms with Gasteiger partial charge in [0, 0.05) is 19.3 Å². The number of unbranched alkanes of at least 4 members (excludes halogenated alkanes) is 21. The number of phosphoric acid groups is 1. The third-order valence-electron chi connectivity index (χ3n) is 11.8. The number of esters is 3. The van der Waals surface area contributed by atoms with E-state index in [9.17, 15) is 28.9 Å². The molecule has 2 N–H and O–H groups in total. The van der Waals surface area contributed by atoms with E-state index in [1.165, 1.54) is 32.1 Å². The molecule has 0 rings (SSSR count). The minimum Gasteiger partial charge on any atom is -0.462 e. The minimum atomic E-state index is -4.76. The zero-order valence-corrected chi connectivity index (χ0v) is 46.5. The lowest BCUT2D eigenvalue weighted by atomic mass is 10.1. The quantitative estimate of drug-likeness (QED) is 0.0197. The third kappa shape index (κ3) is 51.6. The summed E-state index contributed by atoms with van der Waals surface area (Å²) < 4.78 is 39.4. The fourth-order valence-corrected chi connectivity index (χ4v) is 8.20. The maximum absolute atomic E-state index is 12.9. The first-order chi connectivity index (χ1) is 35.2. The normalized spacial score (nSPS) is 14.0. The Hall–Kier alpha value is -3.34. The molecule has 414 valence electrons. The molecule has 0 bridgehead atoms. The van der Waals surface area contributed by atoms with Gasteiger partial charge in [-0.15, -0.1) is 0 Å². The minimum absolute atomic E-state index is 0.146. The predicted molar refractivity (Wildman–Crippen MR) is 298 cm³/mol. The van der Waals surface area contributed by atoms with Gasteiger partial charge < -0.3 is 24.2 Å². The average molecular weight is 1030 g/mol. The Morgan fingerprint density at radius 2 is 0.736 bits per heavy atom. The van der Waals surface area contributed by atoms with Gasteiger partial charge in [-0.2, -0.15) is 0 Å². The van der Waals surface area contributed by atoms with Crippen LogP contribution in [-0.4, -0.2) is 66.5 Å². The molecular formula is C60H103O11P. The number of carbonyl (C=O) groups excluding carboxylic acids is 3. The number of aliphatic hydroxyl groups is 1. The summed E-state index contributed by atoms with van der Waals surface area (Å²) in [5.74, 6) is -1.51. The Morgan fingerprint density at radius 3 is 1.17 bits per heavy atom. The SMILES string of the molecule is CC/C=C\C/C=C\C/C=C\C/C=C\CCCCCCCCC(=O)OC(COC(=O)CCCCCCC/C=C\CCCC)COP(=O)(O)OCC(CO)OC(=O)CCCCCCC/C=C\C/C=C\CCCCC. The number of hydrogen-bond donors (Lipinski definition) is 2. The van der Waals surface area contributed by atoms with E-state index in [-0.39, 0.29) is 25.9 Å². The van der Waals surface area contributed by atoms with Gasteiger partial charge in [-0.3, -0.25) is 23.4 Å². The van der Waals surface area contributed by atoms with Gasteiger partial charge in [0.25, 0.3) is 0 Å². The largest absolute Gasteiger partial charge is 0.472 e. The van der Waals surface area contributed by atoms with Crippen LogP contribution in [0.3, 0.4) is 0 Å². The summed E-state index contributed by atoms with van der Waals surface area (Å²) >= 11 is 0. The summed E-state index contributed by atoms with van der Waals surface area (Å²) in [6.45, 7) is 4.42. The van der Waals surface area contributed by atoms with Crippen molar-refractivity contribution in [2.24, 2.45) is 0 Å². The van der Waals surface area contributed by atoms with E-state index in [1.54, 1.807) is 0 Å². The van der Waals surface area contributed by atoms with Crippen molar-refractivity contribution in [2.45, 2.75) is 251 Å². The Balaban J connectivity index is 4.74. The Labute approximate surface area is 439 Å². The zero-order valence-electron chi connectivity index (χ0n) is 45.6. The lowest BCUT2D eigenvalue weighted by Crippen LogP contribution is -2.30. The summed E-state index contributed by atoms with van der Waals surface area (Å²) in [7, 11) is -4.76. The smallest absolute Gasteiger partial charge is 0.462 e. The molecule has 0 aliphatic heterocycles. The molecule has 0 fully saturated rings. The number of allylic oxidation sites excluding steroid dienone is 14. The van der Waals surface area contributed by atoms with Gasteiger partial charge in [0.05, 0.1) is 19.8 Å². The van der Waals surface area contributed by atoms with Crippen molar-refractivity contribution in [3.05, 3.63) is 85.1 Å². The van der Waals surface area contributed by atoms with Crippen LogP contribution in [0.15, 0.2) is 85.1 Å². The molecule has 3 atom stereocenters. The number of phosphoric ester groups is 1. The van der Waals surface area contributed by atoms with Crippen LogP contribution in [0.5, 0.6) is 0 Å². The second-order valence-corrected chi connectivity index (χ2v) is 20.2. The number of hydrogen-bond acceptors (Lipinski definition) is 10. The molecule has 0 aliphatic carbocycles. The fraction of sp³-hybridized carbons (Fsp3) is 0.717. The molecule has 0 heterocycles. The lowest BCUT2D eigenvalue weighted by molar-refractivity contribution is -0.161. The second kappa shape index (κ2) is 53.9. The highest BCUT2D eigenvalue weighted by Crippen LogP contribution is 2.43. The summed E-state index contributed by atoms with van der Waals surface area (Å²) in [6.07, 6.45) is 61.1. The van der Waals surface area contributed by atoms with Gasteiger partial charge in [-0.25, -0.2) is 4.57 Å². The zero-order chi connectivity index (χ0) is 52.7. The van der Waals surface area contributed by atoms with Crippen molar-refractivity contribution in [3.63, 3.8) is 0 Å². The van der Waals surface area contributed by atoms with E-state index >= 15 is 0 Å². The van der Waals surface area contributed by atoms with Crippen molar-refractivity contribution in [1.82, 2.24) is 0 Å². The molecule has 0 amide bonds. The van der Waals surface area contributed by atoms with Crippen LogP contribution in [0, 0.1) is 0 Å². The van der Waals surface area contributed by atoms with E-state index in [4.69, 9.17) is 23.3 Å². The van der Waals surface area contributed by atoms with Crippen LogP contribution in [0.1, 0.15) is 239 Å². The van der Waals surface area contributed by atoms with E-state index in [1.807, 2.05) is 0 Å². The maximum atomic E-state index is 12.9. The number of rotatable bonds is 52. The van der Waals surface area contributed by atoms with Crippen LogP contribution in [0.25, 0.3) is 0 Å². The van der Waals surface area contributed by atoms with Gasteiger partial charge in [-0.05, 0) is 109 Å². The summed E-state index contributed by atoms with van der Waals surface area (Å²) in [6, 6.07) is 0. The van der Waals surface area contributed by atoms with Crippen LogP contribution in [0.2, 0.25) is 0 Å². The molecule has 11 nitrogen and oxygen atoms in total.